The maximum absolute atomic E-state index is 5.59. The standard InChI is InChI=1S/C17H19BrN2O3/c18-17-4-2-14(23-17)11-20-7-5-19(6-8-20)10-13-1-3-15-16(9-13)22-12-21-15/h1-4,9H,5-8,10-12H2. The number of piperazine rings is 1. The largest absolute Gasteiger partial charge is 0.454 e. The van der Waals surface area contributed by atoms with Gasteiger partial charge in [0.2, 0.25) is 6.79 Å². The minimum atomic E-state index is 0.334. The summed E-state index contributed by atoms with van der Waals surface area (Å²) in [5.41, 5.74) is 1.28. The molecule has 1 fully saturated rings. The van der Waals surface area contributed by atoms with Crippen LogP contribution in [0, 0.1) is 0 Å². The van der Waals surface area contributed by atoms with Gasteiger partial charge in [0.1, 0.15) is 5.76 Å². The van der Waals surface area contributed by atoms with Crippen LogP contribution >= 0.6 is 15.9 Å². The van der Waals surface area contributed by atoms with Gasteiger partial charge in [0.05, 0.1) is 6.54 Å². The van der Waals surface area contributed by atoms with Crippen LogP contribution in [0.25, 0.3) is 0 Å². The van der Waals surface area contributed by atoms with Crippen molar-refractivity contribution in [2.24, 2.45) is 0 Å². The second-order valence-corrected chi connectivity index (χ2v) is 6.73. The zero-order valence-electron chi connectivity index (χ0n) is 12.8. The van der Waals surface area contributed by atoms with Gasteiger partial charge in [-0.15, -0.1) is 0 Å². The third-order valence-corrected chi connectivity index (χ3v) is 4.74. The molecule has 2 aliphatic rings. The molecule has 0 unspecified atom stereocenters. The summed E-state index contributed by atoms with van der Waals surface area (Å²) in [5.74, 6) is 2.73. The fraction of sp³-hybridized carbons (Fsp3) is 0.412. The summed E-state index contributed by atoms with van der Waals surface area (Å²) in [6.07, 6.45) is 0. The van der Waals surface area contributed by atoms with Crippen LogP contribution < -0.4 is 9.47 Å². The SMILES string of the molecule is Brc1ccc(CN2CCN(Cc3ccc4c(c3)OCO4)CC2)o1. The summed E-state index contributed by atoms with van der Waals surface area (Å²) in [7, 11) is 0. The Kier molecular flexibility index (Phi) is 4.29. The molecule has 0 radical (unpaired) electrons. The van der Waals surface area contributed by atoms with E-state index < -0.39 is 0 Å². The van der Waals surface area contributed by atoms with Crippen LogP contribution in [0.5, 0.6) is 11.5 Å². The number of furan rings is 1. The van der Waals surface area contributed by atoms with Crippen LogP contribution in [0.15, 0.2) is 39.4 Å². The summed E-state index contributed by atoms with van der Waals surface area (Å²) in [4.78, 5) is 4.91. The molecule has 6 heteroatoms. The Bertz CT molecular complexity index is 680. The average molecular weight is 379 g/mol. The smallest absolute Gasteiger partial charge is 0.231 e. The fourth-order valence-corrected chi connectivity index (χ4v) is 3.40. The topological polar surface area (TPSA) is 38.1 Å². The van der Waals surface area contributed by atoms with Crippen molar-refractivity contribution in [3.63, 3.8) is 0 Å². The number of ether oxygens (including phenoxy) is 2. The zero-order chi connectivity index (χ0) is 15.6. The van der Waals surface area contributed by atoms with E-state index in [9.17, 15) is 0 Å². The van der Waals surface area contributed by atoms with E-state index >= 15 is 0 Å². The van der Waals surface area contributed by atoms with Crippen molar-refractivity contribution in [1.29, 1.82) is 0 Å². The molecular formula is C17H19BrN2O3. The Morgan fingerprint density at radius 3 is 2.35 bits per heavy atom. The first-order valence-corrected chi connectivity index (χ1v) is 8.63. The summed E-state index contributed by atoms with van der Waals surface area (Å²) in [5, 5.41) is 0. The predicted molar refractivity (Wildman–Crippen MR) is 89.5 cm³/mol. The van der Waals surface area contributed by atoms with Crippen molar-refractivity contribution in [3.05, 3.63) is 46.3 Å². The van der Waals surface area contributed by atoms with Gasteiger partial charge in [0.25, 0.3) is 0 Å². The summed E-state index contributed by atoms with van der Waals surface area (Å²) in [6.45, 7) is 6.42. The summed E-state index contributed by atoms with van der Waals surface area (Å²) < 4.78 is 17.2. The first-order valence-electron chi connectivity index (χ1n) is 7.84. The molecule has 0 aliphatic carbocycles. The Morgan fingerprint density at radius 1 is 0.870 bits per heavy atom. The van der Waals surface area contributed by atoms with Gasteiger partial charge in [-0.05, 0) is 45.8 Å². The highest BCUT2D eigenvalue weighted by Gasteiger charge is 2.19. The highest BCUT2D eigenvalue weighted by atomic mass is 79.9. The van der Waals surface area contributed by atoms with Gasteiger partial charge in [-0.1, -0.05) is 6.07 Å². The molecular weight excluding hydrogens is 360 g/mol. The number of nitrogens with zero attached hydrogens (tertiary/aromatic N) is 2. The van der Waals surface area contributed by atoms with E-state index in [0.29, 0.717) is 6.79 Å². The maximum Gasteiger partial charge on any atom is 0.231 e. The third-order valence-electron chi connectivity index (χ3n) is 4.32. The number of benzene rings is 1. The molecule has 0 atom stereocenters. The minimum absolute atomic E-state index is 0.334. The van der Waals surface area contributed by atoms with E-state index in [1.165, 1.54) is 5.56 Å². The van der Waals surface area contributed by atoms with E-state index in [2.05, 4.69) is 37.9 Å². The van der Waals surface area contributed by atoms with Crippen molar-refractivity contribution in [1.82, 2.24) is 9.80 Å². The third kappa shape index (κ3) is 3.54. The molecule has 4 rings (SSSR count). The molecule has 3 heterocycles. The summed E-state index contributed by atoms with van der Waals surface area (Å²) in [6, 6.07) is 10.2. The lowest BCUT2D eigenvalue weighted by Gasteiger charge is -2.34. The van der Waals surface area contributed by atoms with Gasteiger partial charge in [-0.2, -0.15) is 0 Å². The molecule has 0 spiro atoms. The van der Waals surface area contributed by atoms with Gasteiger partial charge in [-0.25, -0.2) is 0 Å². The highest BCUT2D eigenvalue weighted by molar-refractivity contribution is 9.10. The molecule has 0 amide bonds. The van der Waals surface area contributed by atoms with Crippen molar-refractivity contribution in [2.75, 3.05) is 33.0 Å². The first-order chi connectivity index (χ1) is 11.3. The lowest BCUT2D eigenvalue weighted by Crippen LogP contribution is -2.45. The molecule has 1 aromatic carbocycles. The van der Waals surface area contributed by atoms with Crippen LogP contribution in [0.3, 0.4) is 0 Å². The van der Waals surface area contributed by atoms with E-state index in [1.54, 1.807) is 0 Å². The van der Waals surface area contributed by atoms with E-state index in [4.69, 9.17) is 13.9 Å². The van der Waals surface area contributed by atoms with E-state index in [0.717, 1.165) is 61.2 Å². The predicted octanol–water partition coefficient (Wildman–Crippen LogP) is 3.09. The van der Waals surface area contributed by atoms with Gasteiger partial charge in [0, 0.05) is 32.7 Å². The van der Waals surface area contributed by atoms with Crippen LogP contribution in [0.1, 0.15) is 11.3 Å². The first kappa shape index (κ1) is 15.1. The molecule has 0 saturated carbocycles. The van der Waals surface area contributed by atoms with Crippen molar-refractivity contribution >= 4 is 15.9 Å². The van der Waals surface area contributed by atoms with Crippen LogP contribution in [0.2, 0.25) is 0 Å². The molecule has 1 aromatic heterocycles. The number of fused-ring (bicyclic) bond motifs is 1. The minimum Gasteiger partial charge on any atom is -0.454 e. The Labute approximate surface area is 143 Å². The van der Waals surface area contributed by atoms with Crippen LogP contribution in [-0.4, -0.2) is 42.8 Å². The normalized spacial score (nSPS) is 18.5. The molecule has 2 aliphatic heterocycles. The maximum atomic E-state index is 5.59. The highest BCUT2D eigenvalue weighted by Crippen LogP contribution is 2.32. The van der Waals surface area contributed by atoms with E-state index in [-0.39, 0.29) is 0 Å². The Balaban J connectivity index is 1.29. The second-order valence-electron chi connectivity index (χ2n) is 5.95. The number of halogens is 1. The van der Waals surface area contributed by atoms with Gasteiger partial charge >= 0.3 is 0 Å². The molecule has 0 N–H and O–H groups in total. The lowest BCUT2D eigenvalue weighted by atomic mass is 10.1. The van der Waals surface area contributed by atoms with Gasteiger partial charge < -0.3 is 13.9 Å². The van der Waals surface area contributed by atoms with Crippen LogP contribution in [-0.2, 0) is 13.1 Å². The van der Waals surface area contributed by atoms with Gasteiger partial charge in [0.15, 0.2) is 16.2 Å². The quantitative estimate of drug-likeness (QED) is 0.817. The Morgan fingerprint density at radius 2 is 1.61 bits per heavy atom. The van der Waals surface area contributed by atoms with Gasteiger partial charge in [-0.3, -0.25) is 9.80 Å². The monoisotopic (exact) mass is 378 g/mol. The van der Waals surface area contributed by atoms with Crippen LogP contribution in [0.4, 0.5) is 0 Å². The summed E-state index contributed by atoms with van der Waals surface area (Å²) >= 11 is 3.35. The fourth-order valence-electron chi connectivity index (χ4n) is 3.06. The zero-order valence-corrected chi connectivity index (χ0v) is 14.4. The molecule has 2 aromatic rings. The Hall–Kier alpha value is -1.50. The van der Waals surface area contributed by atoms with Crippen molar-refractivity contribution in [3.8, 4) is 11.5 Å². The molecule has 0 bridgehead atoms. The van der Waals surface area contributed by atoms with E-state index in [1.807, 2.05) is 18.2 Å². The number of hydrogen-bond acceptors (Lipinski definition) is 5. The molecule has 1 saturated heterocycles. The second kappa shape index (κ2) is 6.55. The number of rotatable bonds is 4. The number of hydrogen-bond donors (Lipinski definition) is 0. The average Bonchev–Trinajstić information content (AvgIpc) is 3.17. The molecule has 122 valence electrons. The van der Waals surface area contributed by atoms with Crippen molar-refractivity contribution < 1.29 is 13.9 Å². The lowest BCUT2D eigenvalue weighted by molar-refractivity contribution is 0.115. The van der Waals surface area contributed by atoms with Crippen molar-refractivity contribution in [2.45, 2.75) is 13.1 Å². The molecule has 5 nitrogen and oxygen atoms in total. The molecule has 23 heavy (non-hydrogen) atoms.